The number of nitrogens with zero attached hydrogens (tertiary/aromatic N) is 3. The standard InChI is InChI=1S/C14H16N4S/c1-3-18(11-6-4-10(2)5-7-11)14-16-9-8-12(17-14)13(15)19/h4-9H,3H2,1-2H3,(H2,15,19). The molecule has 0 aliphatic heterocycles. The van der Waals surface area contributed by atoms with Gasteiger partial charge in [0.1, 0.15) is 10.7 Å². The van der Waals surface area contributed by atoms with E-state index in [2.05, 4.69) is 48.1 Å². The Morgan fingerprint density at radius 1 is 1.26 bits per heavy atom. The van der Waals surface area contributed by atoms with E-state index in [1.807, 2.05) is 4.90 Å². The first-order valence-electron chi connectivity index (χ1n) is 6.09. The van der Waals surface area contributed by atoms with Gasteiger partial charge in [0.05, 0.1) is 0 Å². The van der Waals surface area contributed by atoms with Crippen molar-refractivity contribution in [2.45, 2.75) is 13.8 Å². The summed E-state index contributed by atoms with van der Waals surface area (Å²) in [6, 6.07) is 9.95. The van der Waals surface area contributed by atoms with Crippen molar-refractivity contribution in [3.8, 4) is 0 Å². The van der Waals surface area contributed by atoms with Gasteiger partial charge in [0.2, 0.25) is 5.95 Å². The van der Waals surface area contributed by atoms with Crippen LogP contribution in [0.2, 0.25) is 0 Å². The third-order valence-corrected chi connectivity index (χ3v) is 3.01. The van der Waals surface area contributed by atoms with Crippen LogP contribution in [0, 0.1) is 6.92 Å². The molecule has 0 radical (unpaired) electrons. The van der Waals surface area contributed by atoms with Crippen molar-refractivity contribution in [2.24, 2.45) is 5.73 Å². The molecule has 98 valence electrons. The molecule has 0 bridgehead atoms. The monoisotopic (exact) mass is 272 g/mol. The van der Waals surface area contributed by atoms with E-state index in [1.165, 1.54) is 5.56 Å². The number of aryl methyl sites for hydroxylation is 1. The molecule has 2 aromatic rings. The number of rotatable bonds is 4. The molecule has 0 saturated heterocycles. The van der Waals surface area contributed by atoms with Gasteiger partial charge < -0.3 is 10.6 Å². The van der Waals surface area contributed by atoms with Gasteiger partial charge in [0.15, 0.2) is 0 Å². The lowest BCUT2D eigenvalue weighted by molar-refractivity contribution is 0.943. The Labute approximate surface area is 118 Å². The normalized spacial score (nSPS) is 10.2. The Hall–Kier alpha value is -2.01. The molecule has 19 heavy (non-hydrogen) atoms. The molecule has 1 heterocycles. The van der Waals surface area contributed by atoms with Crippen LogP contribution in [0.3, 0.4) is 0 Å². The van der Waals surface area contributed by atoms with Crippen LogP contribution >= 0.6 is 12.2 Å². The molecular weight excluding hydrogens is 256 g/mol. The fourth-order valence-corrected chi connectivity index (χ4v) is 1.89. The van der Waals surface area contributed by atoms with Crippen LogP contribution in [0.1, 0.15) is 18.2 Å². The van der Waals surface area contributed by atoms with Gasteiger partial charge in [-0.2, -0.15) is 0 Å². The number of aromatic nitrogens is 2. The van der Waals surface area contributed by atoms with Crippen LogP contribution in [0.25, 0.3) is 0 Å². The highest BCUT2D eigenvalue weighted by Gasteiger charge is 2.11. The van der Waals surface area contributed by atoms with Crippen LogP contribution in [0.15, 0.2) is 36.5 Å². The van der Waals surface area contributed by atoms with Gasteiger partial charge in [-0.1, -0.05) is 29.9 Å². The molecule has 2 N–H and O–H groups in total. The highest BCUT2D eigenvalue weighted by molar-refractivity contribution is 7.80. The second-order valence-electron chi connectivity index (χ2n) is 4.19. The van der Waals surface area contributed by atoms with E-state index in [-0.39, 0.29) is 4.99 Å². The largest absolute Gasteiger partial charge is 0.388 e. The minimum Gasteiger partial charge on any atom is -0.388 e. The van der Waals surface area contributed by atoms with Crippen molar-refractivity contribution < 1.29 is 0 Å². The summed E-state index contributed by atoms with van der Waals surface area (Å²) >= 11 is 4.95. The van der Waals surface area contributed by atoms with Gasteiger partial charge in [0.25, 0.3) is 0 Å². The average Bonchev–Trinajstić information content (AvgIpc) is 2.42. The summed E-state index contributed by atoms with van der Waals surface area (Å²) in [5.41, 5.74) is 8.46. The zero-order valence-corrected chi connectivity index (χ0v) is 11.8. The number of hydrogen-bond donors (Lipinski definition) is 1. The van der Waals surface area contributed by atoms with Crippen molar-refractivity contribution in [2.75, 3.05) is 11.4 Å². The first-order valence-corrected chi connectivity index (χ1v) is 6.49. The molecule has 1 aromatic heterocycles. The number of hydrogen-bond acceptors (Lipinski definition) is 4. The van der Waals surface area contributed by atoms with Crippen molar-refractivity contribution >= 4 is 28.8 Å². The zero-order valence-electron chi connectivity index (χ0n) is 11.0. The number of anilines is 2. The molecule has 0 saturated carbocycles. The Kier molecular flexibility index (Phi) is 4.06. The van der Waals surface area contributed by atoms with Gasteiger partial charge in [0, 0.05) is 18.4 Å². The summed E-state index contributed by atoms with van der Waals surface area (Å²) in [4.78, 5) is 11.0. The van der Waals surface area contributed by atoms with Crippen LogP contribution in [-0.2, 0) is 0 Å². The second-order valence-corrected chi connectivity index (χ2v) is 4.63. The van der Waals surface area contributed by atoms with Crippen molar-refractivity contribution in [3.63, 3.8) is 0 Å². The Balaban J connectivity index is 2.39. The molecule has 0 unspecified atom stereocenters. The highest BCUT2D eigenvalue weighted by Crippen LogP contribution is 2.21. The van der Waals surface area contributed by atoms with Crippen molar-refractivity contribution in [1.29, 1.82) is 0 Å². The lowest BCUT2D eigenvalue weighted by Crippen LogP contribution is -2.21. The summed E-state index contributed by atoms with van der Waals surface area (Å²) in [6.45, 7) is 4.88. The predicted molar refractivity (Wildman–Crippen MR) is 81.8 cm³/mol. The van der Waals surface area contributed by atoms with E-state index in [9.17, 15) is 0 Å². The topological polar surface area (TPSA) is 55.0 Å². The minimum atomic E-state index is 0.281. The molecule has 0 fully saturated rings. The maximum atomic E-state index is 5.61. The SMILES string of the molecule is CCN(c1ccc(C)cc1)c1nccc(C(N)=S)n1. The first-order chi connectivity index (χ1) is 9.11. The van der Waals surface area contributed by atoms with E-state index in [0.717, 1.165) is 12.2 Å². The van der Waals surface area contributed by atoms with Gasteiger partial charge >= 0.3 is 0 Å². The molecule has 0 atom stereocenters. The zero-order chi connectivity index (χ0) is 13.8. The van der Waals surface area contributed by atoms with Crippen molar-refractivity contribution in [1.82, 2.24) is 9.97 Å². The van der Waals surface area contributed by atoms with E-state index in [4.69, 9.17) is 18.0 Å². The lowest BCUT2D eigenvalue weighted by Gasteiger charge is -2.21. The fourth-order valence-electron chi connectivity index (χ4n) is 1.78. The first kappa shape index (κ1) is 13.4. The quantitative estimate of drug-likeness (QED) is 0.867. The molecule has 1 aromatic carbocycles. The number of nitrogens with two attached hydrogens (primary N) is 1. The predicted octanol–water partition coefficient (Wildman–Crippen LogP) is 2.58. The molecule has 0 spiro atoms. The molecule has 4 nitrogen and oxygen atoms in total. The Bertz CT molecular complexity index is 580. The molecule has 0 aliphatic carbocycles. The summed E-state index contributed by atoms with van der Waals surface area (Å²) in [5.74, 6) is 0.608. The van der Waals surface area contributed by atoms with Crippen LogP contribution < -0.4 is 10.6 Å². The van der Waals surface area contributed by atoms with Crippen LogP contribution in [0.4, 0.5) is 11.6 Å². The Morgan fingerprint density at radius 3 is 2.53 bits per heavy atom. The highest BCUT2D eigenvalue weighted by atomic mass is 32.1. The van der Waals surface area contributed by atoms with E-state index in [0.29, 0.717) is 11.6 Å². The van der Waals surface area contributed by atoms with Gasteiger partial charge in [-0.25, -0.2) is 9.97 Å². The maximum Gasteiger partial charge on any atom is 0.230 e. The molecule has 2 rings (SSSR count). The fraction of sp³-hybridized carbons (Fsp3) is 0.214. The van der Waals surface area contributed by atoms with Gasteiger partial charge in [-0.15, -0.1) is 0 Å². The van der Waals surface area contributed by atoms with Crippen molar-refractivity contribution in [3.05, 3.63) is 47.8 Å². The molecule has 0 aliphatic rings. The number of benzene rings is 1. The van der Waals surface area contributed by atoms with Crippen LogP contribution in [0.5, 0.6) is 0 Å². The van der Waals surface area contributed by atoms with E-state index in [1.54, 1.807) is 12.3 Å². The smallest absolute Gasteiger partial charge is 0.230 e. The number of thiocarbonyl (C=S) groups is 1. The molecule has 5 heteroatoms. The minimum absolute atomic E-state index is 0.281. The third-order valence-electron chi connectivity index (χ3n) is 2.80. The Morgan fingerprint density at radius 2 is 1.95 bits per heavy atom. The van der Waals surface area contributed by atoms with E-state index < -0.39 is 0 Å². The molecular formula is C14H16N4S. The van der Waals surface area contributed by atoms with Gasteiger partial charge in [-0.05, 0) is 32.0 Å². The summed E-state index contributed by atoms with van der Waals surface area (Å²) in [6.07, 6.45) is 1.67. The maximum absolute atomic E-state index is 5.61. The van der Waals surface area contributed by atoms with Crippen LogP contribution in [-0.4, -0.2) is 21.5 Å². The summed E-state index contributed by atoms with van der Waals surface area (Å²) in [7, 11) is 0. The lowest BCUT2D eigenvalue weighted by atomic mass is 10.2. The average molecular weight is 272 g/mol. The summed E-state index contributed by atoms with van der Waals surface area (Å²) in [5, 5.41) is 0. The summed E-state index contributed by atoms with van der Waals surface area (Å²) < 4.78 is 0. The third kappa shape index (κ3) is 3.06. The second kappa shape index (κ2) is 5.75. The van der Waals surface area contributed by atoms with E-state index >= 15 is 0 Å². The van der Waals surface area contributed by atoms with Gasteiger partial charge in [-0.3, -0.25) is 0 Å². The molecule has 0 amide bonds.